The van der Waals surface area contributed by atoms with Gasteiger partial charge in [-0.25, -0.2) is 4.98 Å². The number of carbonyl (C=O) groups excluding carboxylic acids is 2. The van der Waals surface area contributed by atoms with Crippen molar-refractivity contribution in [2.45, 2.75) is 39.2 Å². The van der Waals surface area contributed by atoms with E-state index in [1.807, 2.05) is 13.0 Å². The number of likely N-dealkylation sites (tertiary alicyclic amines) is 1. The van der Waals surface area contributed by atoms with Crippen LogP contribution >= 0.6 is 0 Å². The highest BCUT2D eigenvalue weighted by Crippen LogP contribution is 2.21. The second-order valence-electron chi connectivity index (χ2n) is 6.42. The van der Waals surface area contributed by atoms with Gasteiger partial charge in [-0.05, 0) is 31.9 Å². The third kappa shape index (κ3) is 3.82. The summed E-state index contributed by atoms with van der Waals surface area (Å²) in [7, 11) is 0. The predicted octanol–water partition coefficient (Wildman–Crippen LogP) is 2.08. The van der Waals surface area contributed by atoms with Crippen LogP contribution in [0.1, 0.15) is 31.9 Å². The first-order valence-corrected chi connectivity index (χ1v) is 8.76. The maximum absolute atomic E-state index is 12.7. The molecule has 0 aliphatic carbocycles. The molecule has 2 N–H and O–H groups in total. The number of nitrogens with zero attached hydrogens (tertiary/aromatic N) is 2. The van der Waals surface area contributed by atoms with Crippen LogP contribution in [0.4, 0.5) is 5.69 Å². The first-order valence-electron chi connectivity index (χ1n) is 8.76. The lowest BCUT2D eigenvalue weighted by Gasteiger charge is -2.25. The van der Waals surface area contributed by atoms with E-state index in [1.165, 1.54) is 6.07 Å². The molecule has 3 rings (SSSR count). The molecule has 2 aromatic rings. The van der Waals surface area contributed by atoms with Gasteiger partial charge in [-0.2, -0.15) is 0 Å². The number of hydrogen-bond acceptors (Lipinski definition) is 4. The molecule has 1 aromatic heterocycles. The van der Waals surface area contributed by atoms with E-state index in [0.29, 0.717) is 42.2 Å². The highest BCUT2D eigenvalue weighted by molar-refractivity contribution is 5.97. The summed E-state index contributed by atoms with van der Waals surface area (Å²) in [6, 6.07) is 8.09. The number of nitrogens with one attached hydrogen (secondary N) is 2. The molecule has 7 heteroatoms. The standard InChI is InChI=1S/C19H22N4O3/c1-3-15(23-9-5-8-17(23)25)19(26)21-14-7-4-6-13(11-14)18-20-12(2)10-16(24)22-18/h4,6-7,10-11,15H,3,5,8-9H2,1-2H3,(H,21,26)(H,20,22,24). The molecule has 7 nitrogen and oxygen atoms in total. The average Bonchev–Trinajstić information content (AvgIpc) is 3.01. The summed E-state index contributed by atoms with van der Waals surface area (Å²) in [5.41, 5.74) is 1.70. The molecule has 0 radical (unpaired) electrons. The van der Waals surface area contributed by atoms with E-state index in [0.717, 1.165) is 6.42 Å². The minimum absolute atomic E-state index is 0.0299. The van der Waals surface area contributed by atoms with Crippen LogP contribution in [0.2, 0.25) is 0 Å². The summed E-state index contributed by atoms with van der Waals surface area (Å²) in [5, 5.41) is 2.88. The fourth-order valence-electron chi connectivity index (χ4n) is 3.23. The summed E-state index contributed by atoms with van der Waals surface area (Å²) in [6.45, 7) is 4.27. The van der Waals surface area contributed by atoms with Crippen LogP contribution in [-0.4, -0.2) is 39.3 Å². The molecule has 1 unspecified atom stereocenters. The van der Waals surface area contributed by atoms with E-state index < -0.39 is 6.04 Å². The van der Waals surface area contributed by atoms with Gasteiger partial charge in [-0.15, -0.1) is 0 Å². The molecule has 1 aromatic carbocycles. The fourth-order valence-corrected chi connectivity index (χ4v) is 3.23. The number of benzene rings is 1. The van der Waals surface area contributed by atoms with Gasteiger partial charge >= 0.3 is 0 Å². The van der Waals surface area contributed by atoms with Gasteiger partial charge < -0.3 is 15.2 Å². The molecule has 2 heterocycles. The van der Waals surface area contributed by atoms with Crippen molar-refractivity contribution in [2.75, 3.05) is 11.9 Å². The van der Waals surface area contributed by atoms with E-state index in [9.17, 15) is 14.4 Å². The molecule has 1 aliphatic heterocycles. The molecule has 136 valence electrons. The molecular weight excluding hydrogens is 332 g/mol. The number of rotatable bonds is 5. The van der Waals surface area contributed by atoms with Gasteiger partial charge in [-0.1, -0.05) is 19.1 Å². The summed E-state index contributed by atoms with van der Waals surface area (Å²) in [5.74, 6) is 0.278. The Hall–Kier alpha value is -2.96. The van der Waals surface area contributed by atoms with Crippen LogP contribution < -0.4 is 10.9 Å². The maximum Gasteiger partial charge on any atom is 0.251 e. The summed E-state index contributed by atoms with van der Waals surface area (Å²) >= 11 is 0. The van der Waals surface area contributed by atoms with Crippen LogP contribution in [-0.2, 0) is 9.59 Å². The SMILES string of the molecule is CCC(C(=O)Nc1cccc(-c2nc(C)cc(=O)[nH]2)c1)N1CCCC1=O. The minimum Gasteiger partial charge on any atom is -0.331 e. The molecule has 1 atom stereocenters. The largest absolute Gasteiger partial charge is 0.331 e. The van der Waals surface area contributed by atoms with E-state index in [-0.39, 0.29) is 17.4 Å². The lowest BCUT2D eigenvalue weighted by Crippen LogP contribution is -2.44. The molecule has 2 amide bonds. The Labute approximate surface area is 151 Å². The first kappa shape index (κ1) is 17.8. The van der Waals surface area contributed by atoms with Crippen molar-refractivity contribution in [1.82, 2.24) is 14.9 Å². The van der Waals surface area contributed by atoms with E-state index >= 15 is 0 Å². The van der Waals surface area contributed by atoms with E-state index in [2.05, 4.69) is 15.3 Å². The molecule has 1 aliphatic rings. The Kier molecular flexibility index (Phi) is 5.16. The average molecular weight is 354 g/mol. The summed E-state index contributed by atoms with van der Waals surface area (Å²) < 4.78 is 0. The zero-order valence-electron chi connectivity index (χ0n) is 14.9. The van der Waals surface area contributed by atoms with Gasteiger partial charge in [0.2, 0.25) is 11.8 Å². The number of aromatic amines is 1. The van der Waals surface area contributed by atoms with Crippen LogP contribution in [0.25, 0.3) is 11.4 Å². The number of H-pyrrole nitrogens is 1. The van der Waals surface area contributed by atoms with Gasteiger partial charge in [-0.3, -0.25) is 14.4 Å². The van der Waals surface area contributed by atoms with Crippen molar-refractivity contribution in [3.63, 3.8) is 0 Å². The Morgan fingerprint density at radius 3 is 2.81 bits per heavy atom. The van der Waals surface area contributed by atoms with Crippen LogP contribution in [0.15, 0.2) is 35.1 Å². The van der Waals surface area contributed by atoms with Crippen molar-refractivity contribution >= 4 is 17.5 Å². The number of carbonyl (C=O) groups is 2. The third-order valence-electron chi connectivity index (χ3n) is 4.45. The van der Waals surface area contributed by atoms with Crippen LogP contribution in [0.3, 0.4) is 0 Å². The van der Waals surface area contributed by atoms with Gasteiger partial charge in [0.05, 0.1) is 0 Å². The van der Waals surface area contributed by atoms with Crippen LogP contribution in [0.5, 0.6) is 0 Å². The van der Waals surface area contributed by atoms with Crippen molar-refractivity contribution < 1.29 is 9.59 Å². The monoisotopic (exact) mass is 354 g/mol. The third-order valence-corrected chi connectivity index (χ3v) is 4.45. The topological polar surface area (TPSA) is 95.2 Å². The number of anilines is 1. The molecular formula is C19H22N4O3. The first-order chi connectivity index (χ1) is 12.5. The molecule has 26 heavy (non-hydrogen) atoms. The van der Waals surface area contributed by atoms with Gasteiger partial charge in [0.1, 0.15) is 11.9 Å². The van der Waals surface area contributed by atoms with Crippen molar-refractivity contribution in [2.24, 2.45) is 0 Å². The van der Waals surface area contributed by atoms with Crippen molar-refractivity contribution in [3.8, 4) is 11.4 Å². The second-order valence-corrected chi connectivity index (χ2v) is 6.42. The van der Waals surface area contributed by atoms with Crippen LogP contribution in [0, 0.1) is 6.92 Å². The van der Waals surface area contributed by atoms with Crippen molar-refractivity contribution in [3.05, 3.63) is 46.4 Å². The van der Waals surface area contributed by atoms with Gasteiger partial charge in [0, 0.05) is 36.0 Å². The predicted molar refractivity (Wildman–Crippen MR) is 98.7 cm³/mol. The zero-order chi connectivity index (χ0) is 18.7. The molecule has 1 saturated heterocycles. The highest BCUT2D eigenvalue weighted by Gasteiger charge is 2.31. The Bertz CT molecular complexity index is 890. The van der Waals surface area contributed by atoms with Gasteiger partial charge in [0.15, 0.2) is 0 Å². The zero-order valence-corrected chi connectivity index (χ0v) is 14.9. The smallest absolute Gasteiger partial charge is 0.251 e. The quantitative estimate of drug-likeness (QED) is 0.859. The summed E-state index contributed by atoms with van der Waals surface area (Å²) in [6.07, 6.45) is 1.86. The van der Waals surface area contributed by atoms with E-state index in [4.69, 9.17) is 0 Å². The molecule has 0 saturated carbocycles. The van der Waals surface area contributed by atoms with Gasteiger partial charge in [0.25, 0.3) is 5.56 Å². The second kappa shape index (κ2) is 7.51. The molecule has 1 fully saturated rings. The lowest BCUT2D eigenvalue weighted by atomic mass is 10.1. The number of hydrogen-bond donors (Lipinski definition) is 2. The highest BCUT2D eigenvalue weighted by atomic mass is 16.2. The summed E-state index contributed by atoms with van der Waals surface area (Å²) in [4.78, 5) is 44.9. The Morgan fingerprint density at radius 2 is 2.15 bits per heavy atom. The van der Waals surface area contributed by atoms with E-state index in [1.54, 1.807) is 30.0 Å². The minimum atomic E-state index is -0.467. The number of amides is 2. The Morgan fingerprint density at radius 1 is 1.35 bits per heavy atom. The molecule has 0 spiro atoms. The lowest BCUT2D eigenvalue weighted by molar-refractivity contribution is -0.135. The maximum atomic E-state index is 12.7. The normalized spacial score (nSPS) is 15.2. The number of aryl methyl sites for hydroxylation is 1. The molecule has 0 bridgehead atoms. The Balaban J connectivity index is 1.80. The van der Waals surface area contributed by atoms with Crippen molar-refractivity contribution in [1.29, 1.82) is 0 Å². The number of aromatic nitrogens is 2. The fraction of sp³-hybridized carbons (Fsp3) is 0.368.